The summed E-state index contributed by atoms with van der Waals surface area (Å²) in [5.41, 5.74) is 5.80. The second-order valence-corrected chi connectivity index (χ2v) is 5.64. The van der Waals surface area contributed by atoms with Crippen LogP contribution in [0.2, 0.25) is 0 Å². The van der Waals surface area contributed by atoms with Crippen LogP contribution in [0.15, 0.2) is 0 Å². The molecule has 18 heavy (non-hydrogen) atoms. The molecule has 1 aliphatic rings. The minimum Gasteiger partial charge on any atom is -0.382 e. The van der Waals surface area contributed by atoms with Crippen LogP contribution in [0.3, 0.4) is 0 Å². The van der Waals surface area contributed by atoms with Gasteiger partial charge in [0.2, 0.25) is 0 Å². The van der Waals surface area contributed by atoms with Gasteiger partial charge in [-0.3, -0.25) is 4.79 Å². The van der Waals surface area contributed by atoms with E-state index in [4.69, 9.17) is 5.73 Å². The van der Waals surface area contributed by atoms with E-state index in [2.05, 4.69) is 29.5 Å². The molecular formula is C12H20N4OS. The van der Waals surface area contributed by atoms with Gasteiger partial charge in [0, 0.05) is 12.1 Å². The van der Waals surface area contributed by atoms with Crippen molar-refractivity contribution >= 4 is 28.2 Å². The van der Waals surface area contributed by atoms with Gasteiger partial charge in [-0.05, 0) is 25.7 Å². The topological polar surface area (TPSA) is 80.0 Å². The van der Waals surface area contributed by atoms with Crippen molar-refractivity contribution < 1.29 is 4.79 Å². The third-order valence-electron chi connectivity index (χ3n) is 3.09. The van der Waals surface area contributed by atoms with Crippen LogP contribution in [0.25, 0.3) is 0 Å². The molecule has 2 rings (SSSR count). The van der Waals surface area contributed by atoms with Gasteiger partial charge in [-0.25, -0.2) is 4.98 Å². The number of anilines is 2. The Balaban J connectivity index is 2.02. The van der Waals surface area contributed by atoms with Crippen LogP contribution in [0, 0.1) is 0 Å². The Bertz CT molecular complexity index is 424. The monoisotopic (exact) mass is 268 g/mol. The summed E-state index contributed by atoms with van der Waals surface area (Å²) in [5.74, 6) is 0.217. The zero-order chi connectivity index (χ0) is 13.1. The number of aromatic nitrogens is 1. The summed E-state index contributed by atoms with van der Waals surface area (Å²) in [6, 6.07) is 0.726. The Morgan fingerprint density at radius 3 is 2.72 bits per heavy atom. The quantitative estimate of drug-likeness (QED) is 0.739. The van der Waals surface area contributed by atoms with Crippen LogP contribution in [0.5, 0.6) is 0 Å². The summed E-state index contributed by atoms with van der Waals surface area (Å²) >= 11 is 1.34. The third-order valence-corrected chi connectivity index (χ3v) is 4.09. The van der Waals surface area contributed by atoms with Crippen molar-refractivity contribution in [2.24, 2.45) is 0 Å². The lowest BCUT2D eigenvalue weighted by molar-refractivity contribution is 0.0939. The number of nitrogens with zero attached hydrogens (tertiary/aromatic N) is 1. The van der Waals surface area contributed by atoms with Crippen molar-refractivity contribution in [1.82, 2.24) is 10.3 Å². The first-order valence-corrected chi connectivity index (χ1v) is 7.29. The van der Waals surface area contributed by atoms with E-state index in [0.717, 1.165) is 18.0 Å². The van der Waals surface area contributed by atoms with E-state index in [1.54, 1.807) is 0 Å². The van der Waals surface area contributed by atoms with Crippen molar-refractivity contribution in [3.63, 3.8) is 0 Å². The van der Waals surface area contributed by atoms with Crippen LogP contribution < -0.4 is 16.4 Å². The zero-order valence-electron chi connectivity index (χ0n) is 10.8. The Morgan fingerprint density at radius 2 is 2.17 bits per heavy atom. The summed E-state index contributed by atoms with van der Waals surface area (Å²) in [4.78, 5) is 16.8. The highest BCUT2D eigenvalue weighted by atomic mass is 32.1. The van der Waals surface area contributed by atoms with E-state index < -0.39 is 0 Å². The van der Waals surface area contributed by atoms with Gasteiger partial charge in [0.1, 0.15) is 10.7 Å². The first-order valence-electron chi connectivity index (χ1n) is 6.47. The lowest BCUT2D eigenvalue weighted by Gasteiger charge is -2.13. The van der Waals surface area contributed by atoms with Gasteiger partial charge < -0.3 is 16.4 Å². The molecular weight excluding hydrogens is 248 g/mol. The summed E-state index contributed by atoms with van der Waals surface area (Å²) in [6.07, 6.45) is 4.20. The minimum absolute atomic E-state index is 0.109. The zero-order valence-corrected chi connectivity index (χ0v) is 11.6. The fourth-order valence-corrected chi connectivity index (χ4v) is 2.57. The average Bonchev–Trinajstić information content (AvgIpc) is 3.08. The Kier molecular flexibility index (Phi) is 4.06. The van der Waals surface area contributed by atoms with Gasteiger partial charge in [-0.1, -0.05) is 25.2 Å². The lowest BCUT2D eigenvalue weighted by atomic mass is 10.2. The summed E-state index contributed by atoms with van der Waals surface area (Å²) in [7, 11) is 0. The largest absolute Gasteiger partial charge is 0.382 e. The van der Waals surface area contributed by atoms with Gasteiger partial charge in [-0.15, -0.1) is 0 Å². The molecule has 0 bridgehead atoms. The number of rotatable bonds is 6. The molecule has 0 unspecified atom stereocenters. The highest BCUT2D eigenvalue weighted by Gasteiger charge is 2.24. The van der Waals surface area contributed by atoms with Gasteiger partial charge in [-0.2, -0.15) is 0 Å². The van der Waals surface area contributed by atoms with E-state index in [9.17, 15) is 4.79 Å². The Morgan fingerprint density at radius 1 is 1.50 bits per heavy atom. The van der Waals surface area contributed by atoms with Crippen molar-refractivity contribution in [2.45, 2.75) is 51.6 Å². The first-order chi connectivity index (χ1) is 8.63. The maximum absolute atomic E-state index is 12.1. The summed E-state index contributed by atoms with van der Waals surface area (Å²) in [6.45, 7) is 4.12. The van der Waals surface area contributed by atoms with Crippen LogP contribution >= 0.6 is 11.3 Å². The lowest BCUT2D eigenvalue weighted by Crippen LogP contribution is -2.33. The van der Waals surface area contributed by atoms with Gasteiger partial charge in [0.05, 0.1) is 0 Å². The van der Waals surface area contributed by atoms with Crippen LogP contribution in [-0.2, 0) is 0 Å². The standard InChI is InChI=1S/C12H20N4OS/c1-3-7(4-2)14-11(17)9-10(13)16-12(18-9)15-8-5-6-8/h7-8H,3-6,13H2,1-2H3,(H,14,17)(H,15,16). The number of hydrogen-bond acceptors (Lipinski definition) is 5. The molecule has 1 heterocycles. The number of carbonyl (C=O) groups is 1. The van der Waals surface area contributed by atoms with E-state index >= 15 is 0 Å². The second-order valence-electron chi connectivity index (χ2n) is 4.64. The predicted octanol–water partition coefficient (Wildman–Crippen LogP) is 2.22. The number of nitrogen functional groups attached to an aromatic ring is 1. The van der Waals surface area contributed by atoms with Gasteiger partial charge in [0.15, 0.2) is 5.13 Å². The summed E-state index contributed by atoms with van der Waals surface area (Å²) < 4.78 is 0. The highest BCUT2D eigenvalue weighted by Crippen LogP contribution is 2.30. The van der Waals surface area contributed by atoms with Crippen LogP contribution in [-0.4, -0.2) is 23.0 Å². The van der Waals surface area contributed by atoms with Crippen molar-refractivity contribution in [3.8, 4) is 0 Å². The van der Waals surface area contributed by atoms with Crippen LogP contribution in [0.1, 0.15) is 49.2 Å². The fraction of sp³-hybridized carbons (Fsp3) is 0.667. The second kappa shape index (κ2) is 5.56. The summed E-state index contributed by atoms with van der Waals surface area (Å²) in [5, 5.41) is 6.99. The number of nitrogens with one attached hydrogen (secondary N) is 2. The molecule has 1 aliphatic carbocycles. The molecule has 0 aliphatic heterocycles. The third kappa shape index (κ3) is 3.13. The molecule has 0 aromatic carbocycles. The van der Waals surface area contributed by atoms with Crippen molar-refractivity contribution in [3.05, 3.63) is 4.88 Å². The number of carbonyl (C=O) groups excluding carboxylic acids is 1. The molecule has 5 nitrogen and oxygen atoms in total. The predicted molar refractivity (Wildman–Crippen MR) is 75.0 cm³/mol. The number of nitrogens with two attached hydrogens (primary N) is 1. The number of hydrogen-bond donors (Lipinski definition) is 3. The van der Waals surface area contributed by atoms with Gasteiger partial charge >= 0.3 is 0 Å². The van der Waals surface area contributed by atoms with E-state index in [1.807, 2.05) is 0 Å². The molecule has 0 saturated heterocycles. The maximum Gasteiger partial charge on any atom is 0.265 e. The average molecular weight is 268 g/mol. The van der Waals surface area contributed by atoms with Crippen molar-refractivity contribution in [1.29, 1.82) is 0 Å². The number of amides is 1. The first kappa shape index (κ1) is 13.1. The molecule has 1 aromatic rings. The molecule has 4 N–H and O–H groups in total. The molecule has 6 heteroatoms. The van der Waals surface area contributed by atoms with E-state index in [-0.39, 0.29) is 11.9 Å². The Hall–Kier alpha value is -1.30. The molecule has 100 valence electrons. The maximum atomic E-state index is 12.1. The van der Waals surface area contributed by atoms with Crippen molar-refractivity contribution in [2.75, 3.05) is 11.1 Å². The molecule has 1 aromatic heterocycles. The molecule has 1 fully saturated rings. The number of thiazole rings is 1. The molecule has 0 spiro atoms. The fourth-order valence-electron chi connectivity index (χ4n) is 1.70. The smallest absolute Gasteiger partial charge is 0.265 e. The van der Waals surface area contributed by atoms with Gasteiger partial charge in [0.25, 0.3) is 5.91 Å². The Labute approximate surface area is 111 Å². The normalized spacial score (nSPS) is 14.8. The molecule has 0 atom stereocenters. The SMILES string of the molecule is CCC(CC)NC(=O)c1sc(NC2CC2)nc1N. The molecule has 1 saturated carbocycles. The van der Waals surface area contributed by atoms with Crippen LogP contribution in [0.4, 0.5) is 10.9 Å². The molecule has 0 radical (unpaired) electrons. The minimum atomic E-state index is -0.109. The highest BCUT2D eigenvalue weighted by molar-refractivity contribution is 7.18. The van der Waals surface area contributed by atoms with E-state index in [0.29, 0.717) is 16.7 Å². The van der Waals surface area contributed by atoms with E-state index in [1.165, 1.54) is 24.2 Å². The molecule has 1 amide bonds.